The quantitative estimate of drug-likeness (QED) is 0.495. The van der Waals surface area contributed by atoms with Crippen molar-refractivity contribution in [2.75, 3.05) is 26.5 Å². The van der Waals surface area contributed by atoms with Gasteiger partial charge in [-0.2, -0.15) is 0 Å². The molecule has 0 aliphatic rings. The topological polar surface area (TPSA) is 36.9 Å². The van der Waals surface area contributed by atoms with Crippen LogP contribution in [-0.2, 0) is 0 Å². The third-order valence-corrected chi connectivity index (χ3v) is 1.95. The third kappa shape index (κ3) is 4.27. The van der Waals surface area contributed by atoms with Crippen molar-refractivity contribution in [1.29, 1.82) is 0 Å². The smallest absolute Gasteiger partial charge is 0.198 e. The third-order valence-electron chi connectivity index (χ3n) is 1.75. The molecule has 0 spiro atoms. The molecule has 0 bridgehead atoms. The zero-order valence-electron chi connectivity index (χ0n) is 9.60. The molecule has 4 nitrogen and oxygen atoms in total. The number of anilines is 1. The lowest BCUT2D eigenvalue weighted by molar-refractivity contribution is 0.415. The first-order valence-electron chi connectivity index (χ1n) is 4.77. The summed E-state index contributed by atoms with van der Waals surface area (Å²) in [5, 5.41) is 3.43. The Labute approximate surface area is 101 Å². The van der Waals surface area contributed by atoms with Gasteiger partial charge in [-0.1, -0.05) is 0 Å². The number of methoxy groups -OCH3 is 1. The molecule has 0 saturated heterocycles. The number of thiocarbonyl (C=S) groups is 1. The van der Waals surface area contributed by atoms with Gasteiger partial charge in [0, 0.05) is 19.8 Å². The van der Waals surface area contributed by atoms with Crippen LogP contribution in [0.25, 0.3) is 0 Å². The summed E-state index contributed by atoms with van der Waals surface area (Å²) in [6.45, 7) is 0. The number of benzene rings is 1. The van der Waals surface area contributed by atoms with Gasteiger partial charge in [-0.3, -0.25) is 0 Å². The van der Waals surface area contributed by atoms with Gasteiger partial charge in [-0.15, -0.1) is 0 Å². The maximum Gasteiger partial charge on any atom is 0.198 e. The van der Waals surface area contributed by atoms with Crippen LogP contribution < -0.4 is 10.1 Å². The van der Waals surface area contributed by atoms with Gasteiger partial charge >= 0.3 is 0 Å². The van der Waals surface area contributed by atoms with E-state index in [4.69, 9.17) is 17.0 Å². The molecule has 1 aromatic carbocycles. The van der Waals surface area contributed by atoms with Crippen LogP contribution in [0.2, 0.25) is 0 Å². The predicted octanol–water partition coefficient (Wildman–Crippen LogP) is 1.98. The zero-order valence-corrected chi connectivity index (χ0v) is 10.4. The summed E-state index contributed by atoms with van der Waals surface area (Å²) in [6, 6.07) is 7.49. The minimum Gasteiger partial charge on any atom is -0.497 e. The number of aliphatic imine (C=N–C) groups is 1. The Balaban J connectivity index is 2.56. The molecule has 0 amide bonds. The van der Waals surface area contributed by atoms with E-state index in [9.17, 15) is 0 Å². The summed E-state index contributed by atoms with van der Waals surface area (Å²) in [6.07, 6.45) is 1.65. The molecule has 0 fully saturated rings. The summed E-state index contributed by atoms with van der Waals surface area (Å²) in [5.74, 6) is 0.813. The molecule has 0 radical (unpaired) electrons. The molecule has 0 aliphatic carbocycles. The van der Waals surface area contributed by atoms with Gasteiger partial charge in [0.2, 0.25) is 0 Å². The van der Waals surface area contributed by atoms with Crippen LogP contribution in [0.5, 0.6) is 5.75 Å². The lowest BCUT2D eigenvalue weighted by atomic mass is 10.3. The average molecular weight is 237 g/mol. The first kappa shape index (κ1) is 12.4. The van der Waals surface area contributed by atoms with Crippen LogP contribution in [0.15, 0.2) is 29.3 Å². The Kier molecular flexibility index (Phi) is 4.72. The van der Waals surface area contributed by atoms with Gasteiger partial charge in [0.1, 0.15) is 5.75 Å². The molecule has 86 valence electrons. The van der Waals surface area contributed by atoms with E-state index in [1.54, 1.807) is 13.4 Å². The Morgan fingerprint density at radius 1 is 1.38 bits per heavy atom. The van der Waals surface area contributed by atoms with Crippen molar-refractivity contribution in [1.82, 2.24) is 4.90 Å². The number of hydrogen-bond acceptors (Lipinski definition) is 2. The van der Waals surface area contributed by atoms with Crippen LogP contribution in [0.1, 0.15) is 0 Å². The van der Waals surface area contributed by atoms with Crippen molar-refractivity contribution >= 4 is 29.4 Å². The van der Waals surface area contributed by atoms with Gasteiger partial charge in [0.15, 0.2) is 5.11 Å². The molecule has 16 heavy (non-hydrogen) atoms. The van der Waals surface area contributed by atoms with Crippen LogP contribution in [0.3, 0.4) is 0 Å². The van der Waals surface area contributed by atoms with Crippen molar-refractivity contribution in [3.63, 3.8) is 0 Å². The predicted molar refractivity (Wildman–Crippen MR) is 71.4 cm³/mol. The maximum absolute atomic E-state index is 5.06. The highest BCUT2D eigenvalue weighted by atomic mass is 32.1. The molecule has 0 unspecified atom stereocenters. The second-order valence-electron chi connectivity index (χ2n) is 3.37. The van der Waals surface area contributed by atoms with E-state index >= 15 is 0 Å². The van der Waals surface area contributed by atoms with Gasteiger partial charge < -0.3 is 15.0 Å². The summed E-state index contributed by atoms with van der Waals surface area (Å²) in [4.78, 5) is 5.87. The average Bonchev–Trinajstić information content (AvgIpc) is 2.27. The Hall–Kier alpha value is -1.62. The number of rotatable bonds is 3. The van der Waals surface area contributed by atoms with Crippen molar-refractivity contribution < 1.29 is 4.74 Å². The second-order valence-corrected chi connectivity index (χ2v) is 3.75. The van der Waals surface area contributed by atoms with E-state index in [1.807, 2.05) is 43.3 Å². The van der Waals surface area contributed by atoms with Gasteiger partial charge in [-0.25, -0.2) is 4.99 Å². The van der Waals surface area contributed by atoms with Crippen LogP contribution in [0.4, 0.5) is 5.69 Å². The number of nitrogens with zero attached hydrogens (tertiary/aromatic N) is 2. The maximum atomic E-state index is 5.06. The fourth-order valence-corrected chi connectivity index (χ4v) is 1.16. The van der Waals surface area contributed by atoms with E-state index < -0.39 is 0 Å². The van der Waals surface area contributed by atoms with Crippen molar-refractivity contribution in [3.05, 3.63) is 24.3 Å². The molecule has 0 heterocycles. The van der Waals surface area contributed by atoms with E-state index in [0.29, 0.717) is 5.11 Å². The normalized spacial score (nSPS) is 10.2. The number of ether oxygens (including phenoxy) is 1. The first-order chi connectivity index (χ1) is 7.61. The molecule has 0 aliphatic heterocycles. The second kappa shape index (κ2) is 6.07. The van der Waals surface area contributed by atoms with Crippen LogP contribution in [0, 0.1) is 0 Å². The number of hydrogen-bond donors (Lipinski definition) is 1. The Morgan fingerprint density at radius 3 is 2.50 bits per heavy atom. The summed E-state index contributed by atoms with van der Waals surface area (Å²) >= 11 is 5.05. The van der Waals surface area contributed by atoms with Crippen molar-refractivity contribution in [2.45, 2.75) is 0 Å². The highest BCUT2D eigenvalue weighted by Gasteiger charge is 1.95. The molecule has 1 N–H and O–H groups in total. The van der Waals surface area contributed by atoms with E-state index in [1.165, 1.54) is 0 Å². The first-order valence-corrected chi connectivity index (χ1v) is 5.18. The summed E-state index contributed by atoms with van der Waals surface area (Å²) in [7, 11) is 5.41. The minimum absolute atomic E-state index is 0.430. The fourth-order valence-electron chi connectivity index (χ4n) is 0.998. The molecule has 0 aromatic heterocycles. The largest absolute Gasteiger partial charge is 0.497 e. The molecular weight excluding hydrogens is 222 g/mol. The van der Waals surface area contributed by atoms with Crippen molar-refractivity contribution in [2.24, 2.45) is 4.99 Å². The van der Waals surface area contributed by atoms with Crippen molar-refractivity contribution in [3.8, 4) is 5.75 Å². The van der Waals surface area contributed by atoms with E-state index in [-0.39, 0.29) is 0 Å². The molecule has 0 atom stereocenters. The molecule has 0 saturated carbocycles. The van der Waals surface area contributed by atoms with Crippen LogP contribution >= 0.6 is 12.2 Å². The standard InChI is InChI=1S/C11H15N3OS/c1-14(2)8-12-11(16)13-9-4-6-10(15-3)7-5-9/h4-8H,1-3H3,(H,13,16). The lowest BCUT2D eigenvalue weighted by Gasteiger charge is -2.06. The minimum atomic E-state index is 0.430. The van der Waals surface area contributed by atoms with Gasteiger partial charge in [0.25, 0.3) is 0 Å². The monoisotopic (exact) mass is 237 g/mol. The highest BCUT2D eigenvalue weighted by Crippen LogP contribution is 2.14. The number of nitrogens with one attached hydrogen (secondary N) is 1. The molecule has 1 aromatic rings. The van der Waals surface area contributed by atoms with E-state index in [0.717, 1.165) is 11.4 Å². The molecule has 1 rings (SSSR count). The lowest BCUT2D eigenvalue weighted by Crippen LogP contribution is -2.12. The van der Waals surface area contributed by atoms with Gasteiger partial charge in [0.05, 0.1) is 13.4 Å². The molecular formula is C11H15N3OS. The van der Waals surface area contributed by atoms with Crippen LogP contribution in [-0.4, -0.2) is 37.6 Å². The molecule has 5 heteroatoms. The van der Waals surface area contributed by atoms with E-state index in [2.05, 4.69) is 10.3 Å². The fraction of sp³-hybridized carbons (Fsp3) is 0.273. The zero-order chi connectivity index (χ0) is 12.0. The Morgan fingerprint density at radius 2 is 2.00 bits per heavy atom. The highest BCUT2D eigenvalue weighted by molar-refractivity contribution is 7.80. The SMILES string of the molecule is COc1ccc(NC(=S)N=CN(C)C)cc1. The summed E-state index contributed by atoms with van der Waals surface area (Å²) < 4.78 is 5.06. The summed E-state index contributed by atoms with van der Waals surface area (Å²) in [5.41, 5.74) is 0.890. The van der Waals surface area contributed by atoms with Gasteiger partial charge in [-0.05, 0) is 36.5 Å². The Bertz CT molecular complexity index is 373.